The molecule has 1 heterocycles. The summed E-state index contributed by atoms with van der Waals surface area (Å²) in [6.07, 6.45) is 2.31. The third-order valence-corrected chi connectivity index (χ3v) is 2.31. The average molecular weight is 251 g/mol. The highest BCUT2D eigenvalue weighted by Crippen LogP contribution is 2.12. The number of anilines is 1. The Labute approximate surface area is 106 Å². The third kappa shape index (κ3) is 4.14. The van der Waals surface area contributed by atoms with Gasteiger partial charge in [-0.3, -0.25) is 9.59 Å². The predicted octanol–water partition coefficient (Wildman–Crippen LogP) is 0.0929. The molecule has 0 spiro atoms. The molecule has 0 saturated carbocycles. The normalized spacial score (nSPS) is 9.89. The maximum Gasteiger partial charge on any atom is 0.239 e. The Morgan fingerprint density at radius 1 is 1.61 bits per heavy atom. The largest absolute Gasteiger partial charge is 0.383 e. The lowest BCUT2D eigenvalue weighted by Crippen LogP contribution is -2.37. The molecule has 0 unspecified atom stereocenters. The van der Waals surface area contributed by atoms with Crippen molar-refractivity contribution < 1.29 is 14.3 Å². The van der Waals surface area contributed by atoms with E-state index in [4.69, 9.17) is 4.74 Å². The zero-order chi connectivity index (χ0) is 13.4. The highest BCUT2D eigenvalue weighted by molar-refractivity contribution is 5.86. The fourth-order valence-electron chi connectivity index (χ4n) is 1.46. The maximum atomic E-state index is 11.6. The Kier molecular flexibility index (Phi) is 5.79. The summed E-state index contributed by atoms with van der Waals surface area (Å²) in [5, 5.41) is 2.70. The van der Waals surface area contributed by atoms with Crippen molar-refractivity contribution in [1.82, 2.24) is 10.3 Å². The van der Waals surface area contributed by atoms with Crippen LogP contribution in [0.1, 0.15) is 10.4 Å². The molecule has 18 heavy (non-hydrogen) atoms. The summed E-state index contributed by atoms with van der Waals surface area (Å²) in [6.45, 7) is 1.08. The fourth-order valence-corrected chi connectivity index (χ4v) is 1.46. The van der Waals surface area contributed by atoms with Gasteiger partial charge in [0.2, 0.25) is 5.91 Å². The fraction of sp³-hybridized carbons (Fsp3) is 0.417. The van der Waals surface area contributed by atoms with Crippen LogP contribution in [0.5, 0.6) is 0 Å². The maximum absolute atomic E-state index is 11.6. The van der Waals surface area contributed by atoms with E-state index in [-0.39, 0.29) is 12.5 Å². The molecule has 0 atom stereocenters. The number of nitrogens with zero attached hydrogens (tertiary/aromatic N) is 2. The Hall–Kier alpha value is -1.95. The number of hydrogen-bond acceptors (Lipinski definition) is 5. The lowest BCUT2D eigenvalue weighted by Gasteiger charge is -2.18. The molecule has 0 aliphatic rings. The van der Waals surface area contributed by atoms with Crippen LogP contribution in [-0.4, -0.2) is 51.0 Å². The number of methoxy groups -OCH3 is 1. The van der Waals surface area contributed by atoms with Crippen LogP contribution in [0, 0.1) is 0 Å². The van der Waals surface area contributed by atoms with E-state index < -0.39 is 0 Å². The van der Waals surface area contributed by atoms with Gasteiger partial charge < -0.3 is 15.0 Å². The van der Waals surface area contributed by atoms with Crippen molar-refractivity contribution in [3.63, 3.8) is 0 Å². The van der Waals surface area contributed by atoms with Gasteiger partial charge in [0, 0.05) is 26.9 Å². The number of hydrogen-bond donors (Lipinski definition) is 1. The van der Waals surface area contributed by atoms with E-state index in [2.05, 4.69) is 10.3 Å². The second kappa shape index (κ2) is 7.39. The van der Waals surface area contributed by atoms with Crippen molar-refractivity contribution in [2.45, 2.75) is 0 Å². The number of ether oxygens (including phenoxy) is 1. The van der Waals surface area contributed by atoms with Gasteiger partial charge in [-0.1, -0.05) is 0 Å². The second-order valence-electron chi connectivity index (χ2n) is 3.73. The van der Waals surface area contributed by atoms with Crippen molar-refractivity contribution in [2.24, 2.45) is 0 Å². The lowest BCUT2D eigenvalue weighted by atomic mass is 10.2. The molecule has 6 heteroatoms. The standard InChI is InChI=1S/C12H17N3O3/c1-15(8-11(17)13-6-7-18-2)12-10(9-16)4-3-5-14-12/h3-5,9H,6-8H2,1-2H3,(H,13,17). The first-order chi connectivity index (χ1) is 8.69. The zero-order valence-corrected chi connectivity index (χ0v) is 10.5. The molecule has 1 rings (SSSR count). The van der Waals surface area contributed by atoms with Crippen LogP contribution in [0.3, 0.4) is 0 Å². The first-order valence-electron chi connectivity index (χ1n) is 5.56. The Bertz CT molecular complexity index is 409. The van der Waals surface area contributed by atoms with Crippen LogP contribution < -0.4 is 10.2 Å². The SMILES string of the molecule is COCCNC(=O)CN(C)c1ncccc1C=O. The zero-order valence-electron chi connectivity index (χ0n) is 10.5. The molecule has 0 bridgehead atoms. The smallest absolute Gasteiger partial charge is 0.239 e. The van der Waals surface area contributed by atoms with Gasteiger partial charge in [-0.2, -0.15) is 0 Å². The Morgan fingerprint density at radius 2 is 2.39 bits per heavy atom. The molecular formula is C12H17N3O3. The van der Waals surface area contributed by atoms with Gasteiger partial charge in [-0.15, -0.1) is 0 Å². The first-order valence-corrected chi connectivity index (χ1v) is 5.56. The van der Waals surface area contributed by atoms with Gasteiger partial charge in [0.05, 0.1) is 18.7 Å². The number of carbonyl (C=O) groups is 2. The van der Waals surface area contributed by atoms with Crippen LogP contribution in [0.4, 0.5) is 5.82 Å². The van der Waals surface area contributed by atoms with Crippen LogP contribution in [-0.2, 0) is 9.53 Å². The summed E-state index contributed by atoms with van der Waals surface area (Å²) in [6, 6.07) is 3.34. The first kappa shape index (κ1) is 14.1. The topological polar surface area (TPSA) is 71.5 Å². The molecule has 0 aromatic carbocycles. The summed E-state index contributed by atoms with van der Waals surface area (Å²) in [4.78, 5) is 28.1. The minimum absolute atomic E-state index is 0.140. The number of pyridine rings is 1. The predicted molar refractivity (Wildman–Crippen MR) is 67.8 cm³/mol. The third-order valence-electron chi connectivity index (χ3n) is 2.31. The summed E-state index contributed by atoms with van der Waals surface area (Å²) >= 11 is 0. The van der Waals surface area contributed by atoms with Crippen molar-refractivity contribution >= 4 is 18.0 Å². The average Bonchev–Trinajstić information content (AvgIpc) is 2.39. The molecule has 98 valence electrons. The van der Waals surface area contributed by atoms with E-state index in [1.54, 1.807) is 37.4 Å². The van der Waals surface area contributed by atoms with Crippen molar-refractivity contribution in [3.8, 4) is 0 Å². The van der Waals surface area contributed by atoms with Crippen LogP contribution in [0.25, 0.3) is 0 Å². The number of rotatable bonds is 7. The molecular weight excluding hydrogens is 234 g/mol. The lowest BCUT2D eigenvalue weighted by molar-refractivity contribution is -0.119. The van der Waals surface area contributed by atoms with Gasteiger partial charge in [-0.25, -0.2) is 4.98 Å². The Balaban J connectivity index is 2.56. The Morgan fingerprint density at radius 3 is 3.06 bits per heavy atom. The molecule has 0 saturated heterocycles. The summed E-state index contributed by atoms with van der Waals surface area (Å²) in [7, 11) is 3.29. The van der Waals surface area contributed by atoms with Crippen LogP contribution in [0.2, 0.25) is 0 Å². The highest BCUT2D eigenvalue weighted by Gasteiger charge is 2.11. The molecule has 0 radical (unpaired) electrons. The molecule has 0 aliphatic carbocycles. The molecule has 1 aromatic heterocycles. The molecule has 0 fully saturated rings. The number of likely N-dealkylation sites (N-methyl/N-ethyl adjacent to an activating group) is 1. The summed E-state index contributed by atoms with van der Waals surface area (Å²) < 4.78 is 4.83. The van der Waals surface area contributed by atoms with Crippen molar-refractivity contribution in [2.75, 3.05) is 38.8 Å². The molecule has 1 N–H and O–H groups in total. The van der Waals surface area contributed by atoms with Crippen LogP contribution in [0.15, 0.2) is 18.3 Å². The summed E-state index contributed by atoms with van der Waals surface area (Å²) in [5.41, 5.74) is 0.463. The minimum Gasteiger partial charge on any atom is -0.383 e. The number of aromatic nitrogens is 1. The number of aldehydes is 1. The van der Waals surface area contributed by atoms with E-state index >= 15 is 0 Å². The van der Waals surface area contributed by atoms with E-state index in [1.165, 1.54) is 0 Å². The molecule has 6 nitrogen and oxygen atoms in total. The van der Waals surface area contributed by atoms with Gasteiger partial charge >= 0.3 is 0 Å². The second-order valence-corrected chi connectivity index (χ2v) is 3.73. The van der Waals surface area contributed by atoms with Gasteiger partial charge in [-0.05, 0) is 12.1 Å². The number of amides is 1. The minimum atomic E-state index is -0.142. The molecule has 1 aromatic rings. The highest BCUT2D eigenvalue weighted by atomic mass is 16.5. The summed E-state index contributed by atoms with van der Waals surface area (Å²) in [5.74, 6) is 0.353. The van der Waals surface area contributed by atoms with Gasteiger partial charge in [0.15, 0.2) is 6.29 Å². The van der Waals surface area contributed by atoms with Gasteiger partial charge in [0.1, 0.15) is 5.82 Å². The van der Waals surface area contributed by atoms with E-state index in [1.807, 2.05) is 0 Å². The van der Waals surface area contributed by atoms with E-state index in [0.717, 1.165) is 6.29 Å². The quantitative estimate of drug-likeness (QED) is 0.549. The van der Waals surface area contributed by atoms with E-state index in [0.29, 0.717) is 24.5 Å². The molecule has 0 aliphatic heterocycles. The van der Waals surface area contributed by atoms with E-state index in [9.17, 15) is 9.59 Å². The van der Waals surface area contributed by atoms with Gasteiger partial charge in [0.25, 0.3) is 0 Å². The van der Waals surface area contributed by atoms with Crippen molar-refractivity contribution in [3.05, 3.63) is 23.9 Å². The van der Waals surface area contributed by atoms with Crippen LogP contribution >= 0.6 is 0 Å². The number of carbonyl (C=O) groups excluding carboxylic acids is 2. The molecule has 1 amide bonds. The monoisotopic (exact) mass is 251 g/mol. The number of nitrogens with one attached hydrogen (secondary N) is 1. The van der Waals surface area contributed by atoms with Crippen molar-refractivity contribution in [1.29, 1.82) is 0 Å².